The zero-order valence-electron chi connectivity index (χ0n) is 9.77. The monoisotopic (exact) mass is 242 g/mol. The van der Waals surface area contributed by atoms with Crippen molar-refractivity contribution in [1.29, 1.82) is 0 Å². The molecule has 0 fully saturated rings. The van der Waals surface area contributed by atoms with Crippen molar-refractivity contribution in [2.24, 2.45) is 0 Å². The molecule has 1 rings (SSSR count). The second-order valence-electron chi connectivity index (χ2n) is 3.67. The zero-order valence-corrected chi connectivity index (χ0v) is 10.6. The molecule has 0 saturated heterocycles. The molecule has 0 atom stereocenters. The fourth-order valence-corrected chi connectivity index (χ4v) is 2.08. The van der Waals surface area contributed by atoms with Crippen LogP contribution in [-0.2, 0) is 6.54 Å². The van der Waals surface area contributed by atoms with E-state index in [9.17, 15) is 4.79 Å². The summed E-state index contributed by atoms with van der Waals surface area (Å²) in [5, 5.41) is 10.8. The first-order chi connectivity index (χ1) is 7.67. The number of nitrogens with zero attached hydrogens (tertiary/aromatic N) is 2. The molecule has 90 valence electrons. The van der Waals surface area contributed by atoms with Crippen molar-refractivity contribution in [3.8, 4) is 0 Å². The van der Waals surface area contributed by atoms with Gasteiger partial charge in [0.05, 0.1) is 5.69 Å². The van der Waals surface area contributed by atoms with Crippen molar-refractivity contribution in [3.05, 3.63) is 16.1 Å². The first-order valence-corrected chi connectivity index (χ1v) is 6.45. The number of aromatic nitrogens is 1. The Morgan fingerprint density at radius 3 is 2.81 bits per heavy atom. The van der Waals surface area contributed by atoms with E-state index >= 15 is 0 Å². The molecule has 1 aromatic rings. The molecule has 0 saturated carbocycles. The van der Waals surface area contributed by atoms with Crippen LogP contribution >= 0.6 is 11.3 Å². The number of hydrogen-bond donors (Lipinski definition) is 1. The molecule has 1 aromatic heterocycles. The van der Waals surface area contributed by atoms with Gasteiger partial charge in [-0.3, -0.25) is 4.90 Å². The normalized spacial score (nSPS) is 10.9. The maximum atomic E-state index is 10.7. The highest BCUT2D eigenvalue weighted by molar-refractivity contribution is 7.11. The number of hydrogen-bond acceptors (Lipinski definition) is 4. The Bertz CT molecular complexity index is 338. The molecule has 16 heavy (non-hydrogen) atoms. The zero-order chi connectivity index (χ0) is 12.0. The van der Waals surface area contributed by atoms with Crippen LogP contribution in [-0.4, -0.2) is 34.0 Å². The van der Waals surface area contributed by atoms with Crippen molar-refractivity contribution in [1.82, 2.24) is 9.88 Å². The Hall–Kier alpha value is -0.940. The van der Waals surface area contributed by atoms with Crippen LogP contribution in [0.3, 0.4) is 0 Å². The average Bonchev–Trinajstić information content (AvgIpc) is 2.72. The Balaban J connectivity index is 2.52. The van der Waals surface area contributed by atoms with Gasteiger partial charge < -0.3 is 5.11 Å². The fraction of sp³-hybridized carbons (Fsp3) is 0.636. The summed E-state index contributed by atoms with van der Waals surface area (Å²) in [6.07, 6.45) is 2.34. The highest BCUT2D eigenvalue weighted by Crippen LogP contribution is 2.12. The van der Waals surface area contributed by atoms with Crippen molar-refractivity contribution in [2.45, 2.75) is 33.2 Å². The number of carbonyl (C=O) groups is 1. The summed E-state index contributed by atoms with van der Waals surface area (Å²) in [7, 11) is 0. The standard InChI is InChI=1S/C11H18N2O2S/c1-3-5-6-13(4-2)7-9-8-16-10(12-9)11(14)15/h8H,3-7H2,1-2H3,(H,14,15). The first-order valence-electron chi connectivity index (χ1n) is 5.57. The van der Waals surface area contributed by atoms with Crippen molar-refractivity contribution < 1.29 is 9.90 Å². The Morgan fingerprint density at radius 2 is 2.31 bits per heavy atom. The Morgan fingerprint density at radius 1 is 1.56 bits per heavy atom. The molecule has 0 spiro atoms. The van der Waals surface area contributed by atoms with E-state index in [2.05, 4.69) is 23.7 Å². The molecular formula is C11H18N2O2S. The van der Waals surface area contributed by atoms with Gasteiger partial charge in [-0.1, -0.05) is 20.3 Å². The van der Waals surface area contributed by atoms with Gasteiger partial charge in [-0.25, -0.2) is 9.78 Å². The summed E-state index contributed by atoms with van der Waals surface area (Å²) < 4.78 is 0. The number of thiazole rings is 1. The van der Waals surface area contributed by atoms with Gasteiger partial charge >= 0.3 is 5.97 Å². The molecule has 0 amide bonds. The summed E-state index contributed by atoms with van der Waals surface area (Å²) in [5.74, 6) is -0.937. The van der Waals surface area contributed by atoms with Crippen LogP contribution < -0.4 is 0 Å². The third-order valence-corrected chi connectivity index (χ3v) is 3.27. The summed E-state index contributed by atoms with van der Waals surface area (Å²) in [6.45, 7) is 7.05. The van der Waals surface area contributed by atoms with Gasteiger partial charge in [0, 0.05) is 11.9 Å². The highest BCUT2D eigenvalue weighted by atomic mass is 32.1. The van der Waals surface area contributed by atoms with Gasteiger partial charge in [0.25, 0.3) is 0 Å². The smallest absolute Gasteiger partial charge is 0.365 e. The number of carboxylic acids is 1. The number of unbranched alkanes of at least 4 members (excludes halogenated alkanes) is 1. The van der Waals surface area contributed by atoms with Gasteiger partial charge in [0.1, 0.15) is 0 Å². The van der Waals surface area contributed by atoms with Crippen LogP contribution in [0.5, 0.6) is 0 Å². The van der Waals surface area contributed by atoms with Gasteiger partial charge in [-0.15, -0.1) is 11.3 Å². The largest absolute Gasteiger partial charge is 0.476 e. The molecule has 0 aliphatic carbocycles. The number of aromatic carboxylic acids is 1. The third kappa shape index (κ3) is 3.90. The van der Waals surface area contributed by atoms with Crippen molar-refractivity contribution >= 4 is 17.3 Å². The van der Waals surface area contributed by atoms with Crippen LogP contribution in [0.1, 0.15) is 42.2 Å². The SMILES string of the molecule is CCCCN(CC)Cc1csc(C(=O)O)n1. The van der Waals surface area contributed by atoms with E-state index in [1.807, 2.05) is 5.38 Å². The summed E-state index contributed by atoms with van der Waals surface area (Å²) >= 11 is 1.20. The molecule has 0 aromatic carbocycles. The maximum absolute atomic E-state index is 10.7. The van der Waals surface area contributed by atoms with Crippen LogP contribution in [0.25, 0.3) is 0 Å². The predicted octanol–water partition coefficient (Wildman–Crippen LogP) is 2.46. The van der Waals surface area contributed by atoms with Crippen LogP contribution in [0, 0.1) is 0 Å². The molecule has 0 unspecified atom stereocenters. The van der Waals surface area contributed by atoms with Crippen LogP contribution in [0.2, 0.25) is 0 Å². The number of rotatable bonds is 7. The van der Waals surface area contributed by atoms with E-state index in [-0.39, 0.29) is 5.01 Å². The summed E-state index contributed by atoms with van der Waals surface area (Å²) in [6, 6.07) is 0. The van der Waals surface area contributed by atoms with E-state index in [4.69, 9.17) is 5.11 Å². The molecule has 0 bridgehead atoms. The third-order valence-electron chi connectivity index (χ3n) is 2.40. The minimum absolute atomic E-state index is 0.182. The Labute approximate surface area is 99.9 Å². The first kappa shape index (κ1) is 13.1. The van der Waals surface area contributed by atoms with Gasteiger partial charge in [0.15, 0.2) is 0 Å². The molecule has 0 radical (unpaired) electrons. The molecular weight excluding hydrogens is 224 g/mol. The maximum Gasteiger partial charge on any atom is 0.365 e. The summed E-state index contributed by atoms with van der Waals surface area (Å²) in [5.41, 5.74) is 0.861. The molecule has 1 N–H and O–H groups in total. The summed E-state index contributed by atoms with van der Waals surface area (Å²) in [4.78, 5) is 17.0. The molecule has 1 heterocycles. The van der Waals surface area contributed by atoms with Crippen LogP contribution in [0.4, 0.5) is 0 Å². The highest BCUT2D eigenvalue weighted by Gasteiger charge is 2.11. The fourth-order valence-electron chi connectivity index (χ4n) is 1.44. The lowest BCUT2D eigenvalue weighted by molar-refractivity contribution is 0.0696. The second kappa shape index (κ2) is 6.60. The molecule has 0 aliphatic rings. The minimum Gasteiger partial charge on any atom is -0.476 e. The van der Waals surface area contributed by atoms with Crippen molar-refractivity contribution in [3.63, 3.8) is 0 Å². The Kier molecular flexibility index (Phi) is 5.42. The van der Waals surface area contributed by atoms with E-state index in [0.29, 0.717) is 0 Å². The van der Waals surface area contributed by atoms with Gasteiger partial charge in [0.2, 0.25) is 5.01 Å². The molecule has 0 aliphatic heterocycles. The molecule has 5 heteroatoms. The molecule has 4 nitrogen and oxygen atoms in total. The lowest BCUT2D eigenvalue weighted by atomic mass is 10.3. The lowest BCUT2D eigenvalue weighted by Crippen LogP contribution is -2.24. The van der Waals surface area contributed by atoms with Gasteiger partial charge in [-0.05, 0) is 19.5 Å². The average molecular weight is 242 g/mol. The van der Waals surface area contributed by atoms with E-state index < -0.39 is 5.97 Å². The van der Waals surface area contributed by atoms with E-state index in [0.717, 1.165) is 25.3 Å². The predicted molar refractivity (Wildman–Crippen MR) is 64.9 cm³/mol. The van der Waals surface area contributed by atoms with Crippen molar-refractivity contribution in [2.75, 3.05) is 13.1 Å². The topological polar surface area (TPSA) is 53.4 Å². The second-order valence-corrected chi connectivity index (χ2v) is 4.53. The minimum atomic E-state index is -0.937. The quantitative estimate of drug-likeness (QED) is 0.798. The number of carboxylic acid groups (broad SMARTS) is 1. The van der Waals surface area contributed by atoms with E-state index in [1.165, 1.54) is 24.2 Å². The van der Waals surface area contributed by atoms with Crippen LogP contribution in [0.15, 0.2) is 5.38 Å². The lowest BCUT2D eigenvalue weighted by Gasteiger charge is -2.18. The van der Waals surface area contributed by atoms with Gasteiger partial charge in [-0.2, -0.15) is 0 Å². The van der Waals surface area contributed by atoms with E-state index in [1.54, 1.807) is 0 Å².